The van der Waals surface area contributed by atoms with Gasteiger partial charge in [0.15, 0.2) is 0 Å². The highest BCUT2D eigenvalue weighted by Crippen LogP contribution is 2.63. The number of unbranched alkanes of at least 4 members (excludes halogenated alkanes) is 1. The summed E-state index contributed by atoms with van der Waals surface area (Å²) in [7, 11) is 0. The lowest BCUT2D eigenvalue weighted by atomic mass is 9.92. The summed E-state index contributed by atoms with van der Waals surface area (Å²) >= 11 is 0. The maximum Gasteiger partial charge on any atom is -0.0243 e. The summed E-state index contributed by atoms with van der Waals surface area (Å²) in [6, 6.07) is 0. The third kappa shape index (κ3) is 1.32. The summed E-state index contributed by atoms with van der Waals surface area (Å²) in [5.74, 6) is 2.00. The normalized spacial score (nSPS) is 42.5. The molecule has 0 heteroatoms. The van der Waals surface area contributed by atoms with Crippen molar-refractivity contribution in [1.29, 1.82) is 0 Å². The van der Waals surface area contributed by atoms with Crippen molar-refractivity contribution in [3.8, 4) is 0 Å². The summed E-state index contributed by atoms with van der Waals surface area (Å²) in [6.07, 6.45) is 5.67. The summed E-state index contributed by atoms with van der Waals surface area (Å²) in [5.41, 5.74) is 0.760. The van der Waals surface area contributed by atoms with E-state index in [0.29, 0.717) is 0 Å². The lowest BCUT2D eigenvalue weighted by Gasteiger charge is -2.13. The second kappa shape index (κ2) is 3.16. The van der Waals surface area contributed by atoms with Gasteiger partial charge in [0.1, 0.15) is 0 Å². The second-order valence-corrected chi connectivity index (χ2v) is 4.27. The second-order valence-electron chi connectivity index (χ2n) is 4.27. The van der Waals surface area contributed by atoms with E-state index in [1.807, 2.05) is 0 Å². The first-order chi connectivity index (χ1) is 5.19. The molecule has 0 saturated heterocycles. The van der Waals surface area contributed by atoms with Gasteiger partial charge in [0.2, 0.25) is 0 Å². The van der Waals surface area contributed by atoms with Gasteiger partial charge in [-0.15, -0.1) is 0 Å². The van der Waals surface area contributed by atoms with Crippen molar-refractivity contribution in [2.24, 2.45) is 17.3 Å². The smallest absolute Gasteiger partial charge is 0.0243 e. The summed E-state index contributed by atoms with van der Waals surface area (Å²) in [5, 5.41) is 0. The fraction of sp³-hybridized carbons (Fsp3) is 1.00. The third-order valence-electron chi connectivity index (χ3n) is 4.11. The Morgan fingerprint density at radius 1 is 1.09 bits per heavy atom. The molecule has 0 amide bonds. The Bertz CT molecular complexity index is 118. The van der Waals surface area contributed by atoms with E-state index in [1.54, 1.807) is 0 Å². The zero-order valence-electron chi connectivity index (χ0n) is 8.48. The molecule has 1 fully saturated rings. The van der Waals surface area contributed by atoms with Gasteiger partial charge in [0, 0.05) is 0 Å². The van der Waals surface area contributed by atoms with Crippen LogP contribution in [0.25, 0.3) is 0 Å². The van der Waals surface area contributed by atoms with Crippen molar-refractivity contribution >= 4 is 0 Å². The SMILES string of the molecule is CCCCC1(CC)C(C)C1C. The third-order valence-corrected chi connectivity index (χ3v) is 4.11. The lowest BCUT2D eigenvalue weighted by molar-refractivity contribution is 0.377. The topological polar surface area (TPSA) is 0 Å². The van der Waals surface area contributed by atoms with Crippen molar-refractivity contribution in [1.82, 2.24) is 0 Å². The van der Waals surface area contributed by atoms with Crippen LogP contribution in [-0.2, 0) is 0 Å². The minimum absolute atomic E-state index is 0.760. The average molecular weight is 154 g/mol. The van der Waals surface area contributed by atoms with Gasteiger partial charge in [-0.2, -0.15) is 0 Å². The molecule has 1 rings (SSSR count). The van der Waals surface area contributed by atoms with Crippen molar-refractivity contribution in [2.45, 2.75) is 53.4 Å². The van der Waals surface area contributed by atoms with Crippen molar-refractivity contribution in [2.75, 3.05) is 0 Å². The first-order valence-electron chi connectivity index (χ1n) is 5.19. The predicted molar refractivity (Wildman–Crippen MR) is 50.6 cm³/mol. The van der Waals surface area contributed by atoms with E-state index >= 15 is 0 Å². The molecule has 11 heavy (non-hydrogen) atoms. The Kier molecular flexibility index (Phi) is 2.61. The first-order valence-corrected chi connectivity index (χ1v) is 5.19. The Morgan fingerprint density at radius 3 is 1.91 bits per heavy atom. The van der Waals surface area contributed by atoms with Crippen LogP contribution in [-0.4, -0.2) is 0 Å². The molecule has 2 unspecified atom stereocenters. The quantitative estimate of drug-likeness (QED) is 0.577. The standard InChI is InChI=1S/C11H22/c1-5-7-8-11(6-2)9(3)10(11)4/h9-10H,5-8H2,1-4H3. The van der Waals surface area contributed by atoms with Crippen LogP contribution in [0.5, 0.6) is 0 Å². The van der Waals surface area contributed by atoms with E-state index < -0.39 is 0 Å². The Hall–Kier alpha value is 0. The van der Waals surface area contributed by atoms with Gasteiger partial charge in [-0.25, -0.2) is 0 Å². The van der Waals surface area contributed by atoms with Gasteiger partial charge in [0.25, 0.3) is 0 Å². The van der Waals surface area contributed by atoms with Crippen molar-refractivity contribution in [3.05, 3.63) is 0 Å². The van der Waals surface area contributed by atoms with Crippen LogP contribution >= 0.6 is 0 Å². The highest BCUT2D eigenvalue weighted by atomic mass is 14.6. The van der Waals surface area contributed by atoms with E-state index in [4.69, 9.17) is 0 Å². The number of hydrogen-bond acceptors (Lipinski definition) is 0. The molecule has 0 aromatic heterocycles. The molecule has 1 aliphatic rings. The van der Waals surface area contributed by atoms with Gasteiger partial charge >= 0.3 is 0 Å². The van der Waals surface area contributed by atoms with Crippen LogP contribution < -0.4 is 0 Å². The zero-order valence-corrected chi connectivity index (χ0v) is 8.48. The number of rotatable bonds is 4. The maximum atomic E-state index is 2.42. The van der Waals surface area contributed by atoms with Gasteiger partial charge in [-0.05, 0) is 30.1 Å². The van der Waals surface area contributed by atoms with E-state index in [1.165, 1.54) is 25.7 Å². The lowest BCUT2D eigenvalue weighted by Crippen LogP contribution is -2.02. The molecule has 0 aromatic carbocycles. The summed E-state index contributed by atoms with van der Waals surface area (Å²) in [6.45, 7) is 9.49. The molecular weight excluding hydrogens is 132 g/mol. The van der Waals surface area contributed by atoms with Crippen LogP contribution in [0.15, 0.2) is 0 Å². The van der Waals surface area contributed by atoms with E-state index in [2.05, 4.69) is 27.7 Å². The highest BCUT2D eigenvalue weighted by Gasteiger charge is 2.56. The highest BCUT2D eigenvalue weighted by molar-refractivity contribution is 5.04. The number of hydrogen-bond donors (Lipinski definition) is 0. The van der Waals surface area contributed by atoms with Crippen LogP contribution in [0.1, 0.15) is 53.4 Å². The molecule has 1 aliphatic carbocycles. The van der Waals surface area contributed by atoms with Crippen LogP contribution in [0.2, 0.25) is 0 Å². The molecular formula is C11H22. The first kappa shape index (κ1) is 9.09. The van der Waals surface area contributed by atoms with E-state index in [9.17, 15) is 0 Å². The van der Waals surface area contributed by atoms with Crippen LogP contribution in [0.3, 0.4) is 0 Å². The van der Waals surface area contributed by atoms with Crippen molar-refractivity contribution < 1.29 is 0 Å². The van der Waals surface area contributed by atoms with Crippen molar-refractivity contribution in [3.63, 3.8) is 0 Å². The average Bonchev–Trinajstić information content (AvgIpc) is 2.54. The van der Waals surface area contributed by atoms with Gasteiger partial charge in [-0.1, -0.05) is 40.5 Å². The fourth-order valence-corrected chi connectivity index (χ4v) is 2.73. The van der Waals surface area contributed by atoms with Crippen LogP contribution in [0.4, 0.5) is 0 Å². The molecule has 66 valence electrons. The van der Waals surface area contributed by atoms with Gasteiger partial charge in [0.05, 0.1) is 0 Å². The maximum absolute atomic E-state index is 2.42. The zero-order chi connectivity index (χ0) is 8.48. The summed E-state index contributed by atoms with van der Waals surface area (Å²) in [4.78, 5) is 0. The molecule has 0 heterocycles. The molecule has 0 radical (unpaired) electrons. The monoisotopic (exact) mass is 154 g/mol. The van der Waals surface area contributed by atoms with E-state index in [0.717, 1.165) is 17.3 Å². The minimum Gasteiger partial charge on any atom is -0.0654 e. The van der Waals surface area contributed by atoms with Crippen LogP contribution in [0, 0.1) is 17.3 Å². The van der Waals surface area contributed by atoms with E-state index in [-0.39, 0.29) is 0 Å². The fourth-order valence-electron chi connectivity index (χ4n) is 2.73. The summed E-state index contributed by atoms with van der Waals surface area (Å²) < 4.78 is 0. The minimum atomic E-state index is 0.760. The van der Waals surface area contributed by atoms with Gasteiger partial charge in [-0.3, -0.25) is 0 Å². The molecule has 1 saturated carbocycles. The molecule has 0 bridgehead atoms. The molecule has 0 spiro atoms. The molecule has 0 aliphatic heterocycles. The molecule has 0 aromatic rings. The Labute approximate surface area is 71.4 Å². The predicted octanol–water partition coefficient (Wildman–Crippen LogP) is 3.86. The Balaban J connectivity index is 2.38. The largest absolute Gasteiger partial charge is 0.0654 e. The molecule has 0 N–H and O–H groups in total. The molecule has 2 atom stereocenters. The molecule has 0 nitrogen and oxygen atoms in total. The Morgan fingerprint density at radius 2 is 1.64 bits per heavy atom. The van der Waals surface area contributed by atoms with Gasteiger partial charge < -0.3 is 0 Å².